The lowest BCUT2D eigenvalue weighted by molar-refractivity contribution is -0.143. The molecule has 1 aliphatic carbocycles. The molecule has 0 bridgehead atoms. The number of carbonyl (C=O) groups is 2. The third-order valence-corrected chi connectivity index (χ3v) is 3.83. The van der Waals surface area contributed by atoms with Crippen molar-refractivity contribution < 1.29 is 19.8 Å². The number of hydrogen-bond donors (Lipinski definition) is 3. The Morgan fingerprint density at radius 2 is 1.58 bits per heavy atom. The largest absolute Gasteiger partial charge is 0.481 e. The van der Waals surface area contributed by atoms with Gasteiger partial charge in [0.2, 0.25) is 0 Å². The maximum Gasteiger partial charge on any atom is 0.306 e. The Morgan fingerprint density at radius 3 is 2.16 bits per heavy atom. The van der Waals surface area contributed by atoms with Crippen LogP contribution in [0, 0.1) is 5.92 Å². The average Bonchev–Trinajstić information content (AvgIpc) is 2.38. The van der Waals surface area contributed by atoms with E-state index in [2.05, 4.69) is 5.32 Å². The highest BCUT2D eigenvalue weighted by atomic mass is 16.4. The van der Waals surface area contributed by atoms with Crippen LogP contribution in [-0.4, -0.2) is 34.7 Å². The molecule has 0 radical (unpaired) electrons. The van der Waals surface area contributed by atoms with Gasteiger partial charge in [-0.05, 0) is 45.1 Å². The minimum absolute atomic E-state index is 0.144. The SMILES string of the molecule is O=C(O)CCCCCCNC1CCC(C(=O)O)CC1. The molecular weight excluding hydrogens is 246 g/mol. The average molecular weight is 271 g/mol. The lowest BCUT2D eigenvalue weighted by Crippen LogP contribution is -2.35. The predicted molar refractivity (Wildman–Crippen MR) is 72.1 cm³/mol. The molecule has 110 valence electrons. The van der Waals surface area contributed by atoms with E-state index in [4.69, 9.17) is 10.2 Å². The molecule has 5 nitrogen and oxygen atoms in total. The summed E-state index contributed by atoms with van der Waals surface area (Å²) in [4.78, 5) is 21.1. The zero-order chi connectivity index (χ0) is 14.1. The molecule has 19 heavy (non-hydrogen) atoms. The first-order valence-electron chi connectivity index (χ1n) is 7.27. The maximum absolute atomic E-state index is 10.8. The minimum Gasteiger partial charge on any atom is -0.481 e. The molecule has 0 amide bonds. The van der Waals surface area contributed by atoms with Crippen LogP contribution in [0.15, 0.2) is 0 Å². The van der Waals surface area contributed by atoms with Gasteiger partial charge in [0.05, 0.1) is 5.92 Å². The Labute approximate surface area is 114 Å². The number of nitrogens with one attached hydrogen (secondary N) is 1. The first kappa shape index (κ1) is 16.0. The highest BCUT2D eigenvalue weighted by Gasteiger charge is 2.25. The van der Waals surface area contributed by atoms with Crippen molar-refractivity contribution in [2.45, 2.75) is 63.8 Å². The summed E-state index contributed by atoms with van der Waals surface area (Å²) in [6.45, 7) is 0.954. The van der Waals surface area contributed by atoms with Gasteiger partial charge in [-0.3, -0.25) is 9.59 Å². The van der Waals surface area contributed by atoms with Gasteiger partial charge >= 0.3 is 11.9 Å². The Bertz CT molecular complexity index is 285. The van der Waals surface area contributed by atoms with Crippen molar-refractivity contribution in [2.75, 3.05) is 6.54 Å². The van der Waals surface area contributed by atoms with Crippen molar-refractivity contribution in [1.29, 1.82) is 0 Å². The molecule has 3 N–H and O–H groups in total. The van der Waals surface area contributed by atoms with E-state index in [0.717, 1.165) is 57.9 Å². The lowest BCUT2D eigenvalue weighted by Gasteiger charge is -2.26. The van der Waals surface area contributed by atoms with Gasteiger partial charge in [0, 0.05) is 12.5 Å². The molecule has 0 aromatic heterocycles. The van der Waals surface area contributed by atoms with E-state index in [1.807, 2.05) is 0 Å². The van der Waals surface area contributed by atoms with E-state index in [0.29, 0.717) is 6.04 Å². The zero-order valence-corrected chi connectivity index (χ0v) is 11.4. The van der Waals surface area contributed by atoms with Gasteiger partial charge in [-0.1, -0.05) is 12.8 Å². The Morgan fingerprint density at radius 1 is 0.947 bits per heavy atom. The van der Waals surface area contributed by atoms with E-state index in [1.165, 1.54) is 0 Å². The fraction of sp³-hybridized carbons (Fsp3) is 0.857. The molecule has 0 unspecified atom stereocenters. The molecule has 0 aromatic carbocycles. The second kappa shape index (κ2) is 8.91. The molecule has 0 heterocycles. The molecule has 0 atom stereocenters. The molecule has 0 aliphatic heterocycles. The molecule has 0 spiro atoms. The summed E-state index contributed by atoms with van der Waals surface area (Å²) in [6, 6.07) is 0.467. The Hall–Kier alpha value is -1.10. The first-order valence-corrected chi connectivity index (χ1v) is 7.27. The van der Waals surface area contributed by atoms with E-state index in [9.17, 15) is 9.59 Å². The van der Waals surface area contributed by atoms with E-state index in [1.54, 1.807) is 0 Å². The van der Waals surface area contributed by atoms with Crippen LogP contribution in [0.5, 0.6) is 0 Å². The van der Waals surface area contributed by atoms with Crippen molar-refractivity contribution in [3.8, 4) is 0 Å². The van der Waals surface area contributed by atoms with Crippen LogP contribution in [0.2, 0.25) is 0 Å². The number of unbranched alkanes of at least 4 members (excludes halogenated alkanes) is 3. The maximum atomic E-state index is 10.8. The van der Waals surface area contributed by atoms with Gasteiger partial charge in [-0.2, -0.15) is 0 Å². The molecular formula is C14H25NO4. The van der Waals surface area contributed by atoms with Gasteiger partial charge in [0.25, 0.3) is 0 Å². The van der Waals surface area contributed by atoms with Crippen molar-refractivity contribution in [3.05, 3.63) is 0 Å². The predicted octanol–water partition coefficient (Wildman–Crippen LogP) is 2.25. The van der Waals surface area contributed by atoms with Gasteiger partial charge in [0.15, 0.2) is 0 Å². The molecule has 0 saturated heterocycles. The van der Waals surface area contributed by atoms with Crippen LogP contribution < -0.4 is 5.32 Å². The molecule has 1 saturated carbocycles. The van der Waals surface area contributed by atoms with Gasteiger partial charge in [0.1, 0.15) is 0 Å². The van der Waals surface area contributed by atoms with E-state index >= 15 is 0 Å². The molecule has 0 aromatic rings. The second-order valence-corrected chi connectivity index (χ2v) is 5.40. The summed E-state index contributed by atoms with van der Waals surface area (Å²) in [5.74, 6) is -1.51. The normalized spacial score (nSPS) is 23.2. The van der Waals surface area contributed by atoms with Gasteiger partial charge < -0.3 is 15.5 Å². The molecule has 5 heteroatoms. The van der Waals surface area contributed by atoms with Gasteiger partial charge in [-0.15, -0.1) is 0 Å². The summed E-state index contributed by atoms with van der Waals surface area (Å²) in [7, 11) is 0. The van der Waals surface area contributed by atoms with Crippen LogP contribution in [-0.2, 0) is 9.59 Å². The van der Waals surface area contributed by atoms with Crippen LogP contribution in [0.4, 0.5) is 0 Å². The standard InChI is InChI=1S/C14H25NO4/c16-13(17)5-3-1-2-4-10-15-12-8-6-11(7-9-12)14(18)19/h11-12,15H,1-10H2,(H,16,17)(H,18,19). The number of carboxylic acid groups (broad SMARTS) is 2. The monoisotopic (exact) mass is 271 g/mol. The van der Waals surface area contributed by atoms with Crippen molar-refractivity contribution in [1.82, 2.24) is 5.32 Å². The summed E-state index contributed by atoms with van der Waals surface area (Å²) in [6.07, 6.45) is 7.61. The zero-order valence-electron chi connectivity index (χ0n) is 11.4. The molecule has 1 rings (SSSR count). The lowest BCUT2D eigenvalue weighted by atomic mass is 9.86. The number of rotatable bonds is 9. The molecule has 1 aliphatic rings. The number of hydrogen-bond acceptors (Lipinski definition) is 3. The fourth-order valence-corrected chi connectivity index (χ4v) is 2.61. The minimum atomic E-state index is -0.715. The third-order valence-electron chi connectivity index (χ3n) is 3.83. The van der Waals surface area contributed by atoms with Gasteiger partial charge in [-0.25, -0.2) is 0 Å². The second-order valence-electron chi connectivity index (χ2n) is 5.40. The van der Waals surface area contributed by atoms with Crippen LogP contribution >= 0.6 is 0 Å². The van der Waals surface area contributed by atoms with Crippen molar-refractivity contribution in [3.63, 3.8) is 0 Å². The van der Waals surface area contributed by atoms with Crippen molar-refractivity contribution >= 4 is 11.9 Å². The highest BCUT2D eigenvalue weighted by molar-refractivity contribution is 5.70. The fourth-order valence-electron chi connectivity index (χ4n) is 2.61. The Balaban J connectivity index is 1.93. The Kier molecular flexibility index (Phi) is 7.48. The van der Waals surface area contributed by atoms with Crippen molar-refractivity contribution in [2.24, 2.45) is 5.92 Å². The summed E-state index contributed by atoms with van der Waals surface area (Å²) >= 11 is 0. The number of aliphatic carboxylic acids is 2. The summed E-state index contributed by atoms with van der Waals surface area (Å²) < 4.78 is 0. The molecule has 1 fully saturated rings. The quantitative estimate of drug-likeness (QED) is 0.560. The van der Waals surface area contributed by atoms with Crippen LogP contribution in [0.3, 0.4) is 0 Å². The van der Waals surface area contributed by atoms with Crippen LogP contribution in [0.1, 0.15) is 57.8 Å². The third kappa shape index (κ3) is 7.15. The van der Waals surface area contributed by atoms with E-state index < -0.39 is 11.9 Å². The topological polar surface area (TPSA) is 86.6 Å². The highest BCUT2D eigenvalue weighted by Crippen LogP contribution is 2.24. The smallest absolute Gasteiger partial charge is 0.306 e. The first-order chi connectivity index (χ1) is 9.09. The summed E-state index contributed by atoms with van der Waals surface area (Å²) in [5, 5.41) is 20.9. The van der Waals surface area contributed by atoms with Crippen LogP contribution in [0.25, 0.3) is 0 Å². The van der Waals surface area contributed by atoms with E-state index in [-0.39, 0.29) is 12.3 Å². The summed E-state index contributed by atoms with van der Waals surface area (Å²) in [5.41, 5.74) is 0. The number of carboxylic acids is 2.